The fourth-order valence-corrected chi connectivity index (χ4v) is 3.01. The van der Waals surface area contributed by atoms with Crippen LogP contribution in [0.2, 0.25) is 0 Å². The van der Waals surface area contributed by atoms with E-state index in [0.29, 0.717) is 11.7 Å². The zero-order chi connectivity index (χ0) is 13.8. The minimum absolute atomic E-state index is 0.374. The Kier molecular flexibility index (Phi) is 3.87. The minimum Gasteiger partial charge on any atom is -0.508 e. The Labute approximate surface area is 120 Å². The van der Waals surface area contributed by atoms with Crippen LogP contribution in [0.3, 0.4) is 0 Å². The van der Waals surface area contributed by atoms with Crippen molar-refractivity contribution in [3.8, 4) is 5.75 Å². The lowest BCUT2D eigenvalue weighted by Crippen LogP contribution is -2.08. The van der Waals surface area contributed by atoms with Crippen LogP contribution in [0.15, 0.2) is 60.7 Å². The summed E-state index contributed by atoms with van der Waals surface area (Å²) in [5.74, 6) is 1.07. The summed E-state index contributed by atoms with van der Waals surface area (Å²) in [5, 5.41) is 9.52. The van der Waals surface area contributed by atoms with Gasteiger partial charge in [-0.1, -0.05) is 48.5 Å². The first-order chi connectivity index (χ1) is 9.81. The van der Waals surface area contributed by atoms with Gasteiger partial charge in [0.1, 0.15) is 5.75 Å². The SMILES string of the molecule is Oc1cccc(C[C@H]2CC=C(c3ccccc3)CC2)c1. The van der Waals surface area contributed by atoms with Crippen LogP contribution in [-0.2, 0) is 6.42 Å². The first kappa shape index (κ1) is 13.0. The molecule has 0 saturated heterocycles. The highest BCUT2D eigenvalue weighted by Gasteiger charge is 2.15. The third-order valence-electron chi connectivity index (χ3n) is 4.10. The maximum atomic E-state index is 9.52. The minimum atomic E-state index is 0.374. The summed E-state index contributed by atoms with van der Waals surface area (Å²) in [7, 11) is 0. The van der Waals surface area contributed by atoms with Gasteiger partial charge >= 0.3 is 0 Å². The van der Waals surface area contributed by atoms with Gasteiger partial charge in [0, 0.05) is 0 Å². The first-order valence-corrected chi connectivity index (χ1v) is 7.33. The van der Waals surface area contributed by atoms with Crippen molar-refractivity contribution in [1.29, 1.82) is 0 Å². The van der Waals surface area contributed by atoms with Crippen molar-refractivity contribution in [3.63, 3.8) is 0 Å². The Morgan fingerprint density at radius 1 is 1.00 bits per heavy atom. The van der Waals surface area contributed by atoms with Crippen molar-refractivity contribution in [2.45, 2.75) is 25.7 Å². The van der Waals surface area contributed by atoms with E-state index in [-0.39, 0.29) is 0 Å². The molecule has 20 heavy (non-hydrogen) atoms. The van der Waals surface area contributed by atoms with E-state index in [0.717, 1.165) is 19.3 Å². The quantitative estimate of drug-likeness (QED) is 0.842. The summed E-state index contributed by atoms with van der Waals surface area (Å²) in [5.41, 5.74) is 4.09. The molecule has 1 heteroatoms. The van der Waals surface area contributed by atoms with Crippen LogP contribution in [0.5, 0.6) is 5.75 Å². The smallest absolute Gasteiger partial charge is 0.115 e. The van der Waals surface area contributed by atoms with Gasteiger partial charge in [-0.15, -0.1) is 0 Å². The molecule has 0 aromatic heterocycles. The highest BCUT2D eigenvalue weighted by Crippen LogP contribution is 2.32. The van der Waals surface area contributed by atoms with Crippen LogP contribution in [0.25, 0.3) is 5.57 Å². The molecule has 0 fully saturated rings. The van der Waals surface area contributed by atoms with E-state index in [2.05, 4.69) is 42.5 Å². The average Bonchev–Trinajstić information content (AvgIpc) is 2.49. The van der Waals surface area contributed by atoms with Crippen LogP contribution < -0.4 is 0 Å². The van der Waals surface area contributed by atoms with Crippen molar-refractivity contribution >= 4 is 5.57 Å². The number of benzene rings is 2. The molecule has 1 aliphatic carbocycles. The molecule has 0 aliphatic heterocycles. The molecule has 102 valence electrons. The van der Waals surface area contributed by atoms with Crippen LogP contribution >= 0.6 is 0 Å². The van der Waals surface area contributed by atoms with Crippen LogP contribution in [0.1, 0.15) is 30.4 Å². The van der Waals surface area contributed by atoms with E-state index < -0.39 is 0 Å². The van der Waals surface area contributed by atoms with Crippen molar-refractivity contribution < 1.29 is 5.11 Å². The second-order valence-electron chi connectivity index (χ2n) is 5.61. The maximum absolute atomic E-state index is 9.52. The number of phenols is 1. The van der Waals surface area contributed by atoms with Gasteiger partial charge < -0.3 is 5.11 Å². The highest BCUT2D eigenvalue weighted by atomic mass is 16.3. The molecule has 1 atom stereocenters. The maximum Gasteiger partial charge on any atom is 0.115 e. The van der Waals surface area contributed by atoms with Gasteiger partial charge in [0.05, 0.1) is 0 Å². The number of aromatic hydroxyl groups is 1. The monoisotopic (exact) mass is 264 g/mol. The van der Waals surface area contributed by atoms with Gasteiger partial charge in [0.15, 0.2) is 0 Å². The van der Waals surface area contributed by atoms with E-state index in [1.165, 1.54) is 23.1 Å². The molecule has 2 aromatic carbocycles. The van der Waals surface area contributed by atoms with Crippen molar-refractivity contribution in [3.05, 3.63) is 71.8 Å². The number of hydrogen-bond acceptors (Lipinski definition) is 1. The molecular formula is C19H20O. The molecule has 0 heterocycles. The molecule has 3 rings (SSSR count). The van der Waals surface area contributed by atoms with Crippen molar-refractivity contribution in [2.24, 2.45) is 5.92 Å². The molecule has 0 unspecified atom stereocenters. The second-order valence-corrected chi connectivity index (χ2v) is 5.61. The Bertz CT molecular complexity index is 598. The Hall–Kier alpha value is -2.02. The molecule has 0 saturated carbocycles. The van der Waals surface area contributed by atoms with Gasteiger partial charge in [-0.3, -0.25) is 0 Å². The van der Waals surface area contributed by atoms with Gasteiger partial charge in [-0.2, -0.15) is 0 Å². The van der Waals surface area contributed by atoms with Crippen molar-refractivity contribution in [2.75, 3.05) is 0 Å². The van der Waals surface area contributed by atoms with E-state index in [1.807, 2.05) is 12.1 Å². The van der Waals surface area contributed by atoms with E-state index in [9.17, 15) is 5.11 Å². The summed E-state index contributed by atoms with van der Waals surface area (Å²) in [4.78, 5) is 0. The lowest BCUT2D eigenvalue weighted by atomic mass is 9.83. The van der Waals surface area contributed by atoms with Crippen molar-refractivity contribution in [1.82, 2.24) is 0 Å². The first-order valence-electron chi connectivity index (χ1n) is 7.33. The Morgan fingerprint density at radius 2 is 1.85 bits per heavy atom. The molecule has 1 aliphatic rings. The van der Waals surface area contributed by atoms with Crippen LogP contribution in [-0.4, -0.2) is 5.11 Å². The standard InChI is InChI=1S/C19H20O/c20-19-8-4-5-16(14-19)13-15-9-11-18(12-10-15)17-6-2-1-3-7-17/h1-8,11,14-15,20H,9-10,12-13H2/t15-/m0/s1. The highest BCUT2D eigenvalue weighted by molar-refractivity contribution is 5.66. The summed E-state index contributed by atoms with van der Waals surface area (Å²) >= 11 is 0. The predicted molar refractivity (Wildman–Crippen MR) is 83.6 cm³/mol. The summed E-state index contributed by atoms with van der Waals surface area (Å²) in [6.07, 6.45) is 6.99. The summed E-state index contributed by atoms with van der Waals surface area (Å²) < 4.78 is 0. The number of hydrogen-bond donors (Lipinski definition) is 1. The second kappa shape index (κ2) is 5.96. The summed E-state index contributed by atoms with van der Waals surface area (Å²) in [6, 6.07) is 18.3. The predicted octanol–water partition coefficient (Wildman–Crippen LogP) is 4.82. The Balaban J connectivity index is 1.65. The van der Waals surface area contributed by atoms with Gasteiger partial charge in [0.2, 0.25) is 0 Å². The molecule has 1 N–H and O–H groups in total. The topological polar surface area (TPSA) is 20.2 Å². The van der Waals surface area contributed by atoms with Gasteiger partial charge in [0.25, 0.3) is 0 Å². The fourth-order valence-electron chi connectivity index (χ4n) is 3.01. The molecular weight excluding hydrogens is 244 g/mol. The lowest BCUT2D eigenvalue weighted by molar-refractivity contribution is 0.466. The molecule has 1 nitrogen and oxygen atoms in total. The third kappa shape index (κ3) is 3.11. The normalized spacial score (nSPS) is 18.6. The molecule has 0 bridgehead atoms. The Morgan fingerprint density at radius 3 is 2.55 bits per heavy atom. The fraction of sp³-hybridized carbons (Fsp3) is 0.263. The molecule has 0 radical (unpaired) electrons. The van der Waals surface area contributed by atoms with E-state index in [1.54, 1.807) is 6.07 Å². The third-order valence-corrected chi connectivity index (χ3v) is 4.10. The molecule has 0 spiro atoms. The van der Waals surface area contributed by atoms with E-state index in [4.69, 9.17) is 0 Å². The molecule has 0 amide bonds. The zero-order valence-electron chi connectivity index (χ0n) is 11.6. The number of phenolic OH excluding ortho intramolecular Hbond substituents is 1. The van der Waals surface area contributed by atoms with E-state index >= 15 is 0 Å². The van der Waals surface area contributed by atoms with Gasteiger partial charge in [-0.25, -0.2) is 0 Å². The van der Waals surface area contributed by atoms with Crippen LogP contribution in [0, 0.1) is 5.92 Å². The lowest BCUT2D eigenvalue weighted by Gasteiger charge is -2.22. The largest absolute Gasteiger partial charge is 0.508 e. The average molecular weight is 264 g/mol. The summed E-state index contributed by atoms with van der Waals surface area (Å²) in [6.45, 7) is 0. The number of allylic oxidation sites excluding steroid dienone is 2. The zero-order valence-corrected chi connectivity index (χ0v) is 11.6. The van der Waals surface area contributed by atoms with Gasteiger partial charge in [-0.05, 0) is 60.4 Å². The van der Waals surface area contributed by atoms with Crippen LogP contribution in [0.4, 0.5) is 0 Å². The number of rotatable bonds is 3. The molecule has 2 aromatic rings.